The van der Waals surface area contributed by atoms with Crippen LogP contribution in [0.15, 0.2) is 0 Å². The summed E-state index contributed by atoms with van der Waals surface area (Å²) in [5, 5.41) is 3.36. The maximum atomic E-state index is 12.5. The normalized spacial score (nSPS) is 30.6. The van der Waals surface area contributed by atoms with Gasteiger partial charge in [0.1, 0.15) is 0 Å². The molecule has 3 aliphatic rings. The maximum Gasteiger partial charge on any atom is 0.247 e. The van der Waals surface area contributed by atoms with E-state index in [2.05, 4.69) is 12.2 Å². The second kappa shape index (κ2) is 5.47. The van der Waals surface area contributed by atoms with Gasteiger partial charge in [-0.3, -0.25) is 14.5 Å². The average Bonchev–Trinajstić information content (AvgIpc) is 2.70. The minimum atomic E-state index is -0.262. The Morgan fingerprint density at radius 2 is 1.85 bits per heavy atom. The first-order chi connectivity index (χ1) is 9.59. The summed E-state index contributed by atoms with van der Waals surface area (Å²) >= 11 is 0. The zero-order chi connectivity index (χ0) is 14.2. The molecule has 1 N–H and O–H groups in total. The van der Waals surface area contributed by atoms with Crippen LogP contribution in [0.5, 0.6) is 0 Å². The van der Waals surface area contributed by atoms with Crippen molar-refractivity contribution in [1.29, 1.82) is 0 Å². The SMILES string of the molecule is CC1(CNC2CC(=O)N(C3CCCCC3)C2=O)CCC1. The third kappa shape index (κ3) is 2.62. The van der Waals surface area contributed by atoms with Crippen molar-refractivity contribution in [3.05, 3.63) is 0 Å². The van der Waals surface area contributed by atoms with Gasteiger partial charge in [-0.2, -0.15) is 0 Å². The predicted molar refractivity (Wildman–Crippen MR) is 77.1 cm³/mol. The fourth-order valence-electron chi connectivity index (χ4n) is 3.86. The van der Waals surface area contributed by atoms with Gasteiger partial charge in [0.25, 0.3) is 0 Å². The summed E-state index contributed by atoms with van der Waals surface area (Å²) in [5.41, 5.74) is 0.349. The van der Waals surface area contributed by atoms with Gasteiger partial charge in [-0.05, 0) is 31.1 Å². The molecule has 0 spiro atoms. The van der Waals surface area contributed by atoms with E-state index in [1.165, 1.54) is 25.7 Å². The van der Waals surface area contributed by atoms with Crippen molar-refractivity contribution in [2.45, 2.75) is 76.8 Å². The first-order valence-corrected chi connectivity index (χ1v) is 8.18. The van der Waals surface area contributed by atoms with Crippen molar-refractivity contribution in [2.75, 3.05) is 6.54 Å². The Kier molecular flexibility index (Phi) is 3.85. The number of nitrogens with zero attached hydrogens (tertiary/aromatic N) is 1. The summed E-state index contributed by atoms with van der Waals surface area (Å²) in [7, 11) is 0. The molecule has 3 rings (SSSR count). The topological polar surface area (TPSA) is 49.4 Å². The fraction of sp³-hybridized carbons (Fsp3) is 0.875. The quantitative estimate of drug-likeness (QED) is 0.802. The highest BCUT2D eigenvalue weighted by Gasteiger charge is 2.43. The molecule has 1 saturated heterocycles. The van der Waals surface area contributed by atoms with Gasteiger partial charge >= 0.3 is 0 Å². The predicted octanol–water partition coefficient (Wildman–Crippen LogP) is 2.23. The summed E-state index contributed by atoms with van der Waals surface area (Å²) in [5.74, 6) is 0.0722. The van der Waals surface area contributed by atoms with E-state index in [1.54, 1.807) is 4.90 Å². The number of carbonyl (C=O) groups excluding carboxylic acids is 2. The van der Waals surface area contributed by atoms with E-state index in [0.29, 0.717) is 11.8 Å². The van der Waals surface area contributed by atoms with E-state index in [0.717, 1.165) is 32.2 Å². The van der Waals surface area contributed by atoms with E-state index >= 15 is 0 Å². The lowest BCUT2D eigenvalue weighted by molar-refractivity contribution is -0.142. The second-order valence-electron chi connectivity index (χ2n) is 7.20. The Balaban J connectivity index is 1.58. The van der Waals surface area contributed by atoms with Gasteiger partial charge in [-0.15, -0.1) is 0 Å². The maximum absolute atomic E-state index is 12.5. The third-order valence-corrected chi connectivity index (χ3v) is 5.46. The summed E-state index contributed by atoms with van der Waals surface area (Å²) in [6, 6.07) is -0.0864. The smallest absolute Gasteiger partial charge is 0.247 e. The van der Waals surface area contributed by atoms with Crippen LogP contribution in [-0.2, 0) is 9.59 Å². The standard InChI is InChI=1S/C16H26N2O2/c1-16(8-5-9-16)11-17-13-10-14(19)18(15(13)20)12-6-3-2-4-7-12/h12-13,17H,2-11H2,1H3. The highest BCUT2D eigenvalue weighted by molar-refractivity contribution is 6.05. The van der Waals surface area contributed by atoms with Crippen molar-refractivity contribution < 1.29 is 9.59 Å². The summed E-state index contributed by atoms with van der Waals surface area (Å²) in [6.07, 6.45) is 9.68. The molecule has 4 nitrogen and oxygen atoms in total. The van der Waals surface area contributed by atoms with Crippen LogP contribution in [0.25, 0.3) is 0 Å². The van der Waals surface area contributed by atoms with Crippen LogP contribution < -0.4 is 5.32 Å². The third-order valence-electron chi connectivity index (χ3n) is 5.46. The van der Waals surface area contributed by atoms with E-state index in [-0.39, 0.29) is 23.9 Å². The Bertz CT molecular complexity index is 397. The number of likely N-dealkylation sites (tertiary alicyclic amines) is 1. The second-order valence-corrected chi connectivity index (χ2v) is 7.20. The van der Waals surface area contributed by atoms with Crippen LogP contribution in [0.3, 0.4) is 0 Å². The van der Waals surface area contributed by atoms with Crippen molar-refractivity contribution in [3.63, 3.8) is 0 Å². The van der Waals surface area contributed by atoms with Gasteiger partial charge in [0.15, 0.2) is 0 Å². The average molecular weight is 278 g/mol. The summed E-state index contributed by atoms with van der Waals surface area (Å²) in [4.78, 5) is 26.2. The number of hydrogen-bond donors (Lipinski definition) is 1. The minimum Gasteiger partial charge on any atom is -0.305 e. The first-order valence-electron chi connectivity index (χ1n) is 8.18. The van der Waals surface area contributed by atoms with Gasteiger partial charge < -0.3 is 5.32 Å². The van der Waals surface area contributed by atoms with Crippen LogP contribution in [0.4, 0.5) is 0 Å². The number of nitrogens with one attached hydrogen (secondary N) is 1. The highest BCUT2D eigenvalue weighted by atomic mass is 16.2. The van der Waals surface area contributed by atoms with Crippen molar-refractivity contribution in [1.82, 2.24) is 10.2 Å². The van der Waals surface area contributed by atoms with Gasteiger partial charge in [-0.25, -0.2) is 0 Å². The number of amides is 2. The van der Waals surface area contributed by atoms with E-state index in [9.17, 15) is 9.59 Å². The molecule has 2 amide bonds. The van der Waals surface area contributed by atoms with Gasteiger partial charge in [0.05, 0.1) is 12.5 Å². The molecule has 1 aliphatic heterocycles. The van der Waals surface area contributed by atoms with E-state index in [1.807, 2.05) is 0 Å². The molecule has 4 heteroatoms. The molecule has 1 atom stereocenters. The van der Waals surface area contributed by atoms with E-state index < -0.39 is 0 Å². The minimum absolute atomic E-state index is 0.0322. The van der Waals surface area contributed by atoms with Crippen molar-refractivity contribution >= 4 is 11.8 Å². The Morgan fingerprint density at radius 3 is 2.45 bits per heavy atom. The molecule has 1 heterocycles. The molecule has 20 heavy (non-hydrogen) atoms. The van der Waals surface area contributed by atoms with Crippen LogP contribution in [0.1, 0.15) is 64.7 Å². The molecule has 0 radical (unpaired) electrons. The lowest BCUT2D eigenvalue weighted by atomic mass is 9.70. The molecule has 2 aliphatic carbocycles. The number of imide groups is 1. The Morgan fingerprint density at radius 1 is 1.15 bits per heavy atom. The Labute approximate surface area is 121 Å². The van der Waals surface area contributed by atoms with Gasteiger partial charge in [0, 0.05) is 12.6 Å². The lowest BCUT2D eigenvalue weighted by Crippen LogP contribution is -2.47. The lowest BCUT2D eigenvalue weighted by Gasteiger charge is -2.39. The molecule has 112 valence electrons. The van der Waals surface area contributed by atoms with Crippen LogP contribution in [0.2, 0.25) is 0 Å². The van der Waals surface area contributed by atoms with Crippen LogP contribution in [0, 0.1) is 5.41 Å². The number of hydrogen-bond acceptors (Lipinski definition) is 3. The molecule has 2 saturated carbocycles. The molecular formula is C16H26N2O2. The first kappa shape index (κ1) is 14.1. The van der Waals surface area contributed by atoms with Crippen molar-refractivity contribution in [2.24, 2.45) is 5.41 Å². The molecule has 3 fully saturated rings. The Hall–Kier alpha value is -0.900. The van der Waals surface area contributed by atoms with Gasteiger partial charge in [0.2, 0.25) is 11.8 Å². The molecule has 1 unspecified atom stereocenters. The zero-order valence-electron chi connectivity index (χ0n) is 12.5. The molecule has 0 aromatic carbocycles. The zero-order valence-corrected chi connectivity index (χ0v) is 12.5. The van der Waals surface area contributed by atoms with Crippen LogP contribution >= 0.6 is 0 Å². The number of rotatable bonds is 4. The van der Waals surface area contributed by atoms with Crippen molar-refractivity contribution in [3.8, 4) is 0 Å². The fourth-order valence-corrected chi connectivity index (χ4v) is 3.86. The molecule has 0 aromatic rings. The van der Waals surface area contributed by atoms with Crippen LogP contribution in [-0.4, -0.2) is 35.3 Å². The highest BCUT2D eigenvalue weighted by Crippen LogP contribution is 2.39. The molecule has 0 bridgehead atoms. The monoisotopic (exact) mass is 278 g/mol. The number of carbonyl (C=O) groups is 2. The van der Waals surface area contributed by atoms with Gasteiger partial charge in [-0.1, -0.05) is 32.6 Å². The largest absolute Gasteiger partial charge is 0.305 e. The molecular weight excluding hydrogens is 252 g/mol. The summed E-state index contributed by atoms with van der Waals surface area (Å²) < 4.78 is 0. The van der Waals surface area contributed by atoms with E-state index in [4.69, 9.17) is 0 Å². The molecule has 0 aromatic heterocycles. The summed E-state index contributed by atoms with van der Waals surface area (Å²) in [6.45, 7) is 3.14.